The Balaban J connectivity index is 4.10. The fourth-order valence-electron chi connectivity index (χ4n) is 4.82. The molecule has 164 valence electrons. The molecule has 0 aliphatic rings. The SMILES string of the molecule is CCCCCCCCCC[P+](CCCCCCCCCC)(C(C)C)C(C)C. The van der Waals surface area contributed by atoms with Crippen LogP contribution >= 0.6 is 7.26 Å². The van der Waals surface area contributed by atoms with Gasteiger partial charge in [-0.2, -0.15) is 0 Å². The molecule has 0 nitrogen and oxygen atoms in total. The zero-order valence-corrected chi connectivity index (χ0v) is 21.2. The van der Waals surface area contributed by atoms with Crippen molar-refractivity contribution in [3.63, 3.8) is 0 Å². The molecule has 27 heavy (non-hydrogen) atoms. The molecule has 0 aliphatic carbocycles. The van der Waals surface area contributed by atoms with Gasteiger partial charge in [0.1, 0.15) is 0 Å². The van der Waals surface area contributed by atoms with Crippen LogP contribution in [0.2, 0.25) is 0 Å². The summed E-state index contributed by atoms with van der Waals surface area (Å²) in [4.78, 5) is 0. The molecule has 0 unspecified atom stereocenters. The molecule has 0 aromatic heterocycles. The first-order valence-electron chi connectivity index (χ1n) is 12.9. The Hall–Kier alpha value is 0.430. The predicted octanol–water partition coefficient (Wildman–Crippen LogP) is 10.1. The normalized spacial score (nSPS) is 12.4. The second kappa shape index (κ2) is 18.5. The second-order valence-electron chi connectivity index (χ2n) is 9.69. The summed E-state index contributed by atoms with van der Waals surface area (Å²) in [5.74, 6) is 0. The highest BCUT2D eigenvalue weighted by molar-refractivity contribution is 7.77. The van der Waals surface area contributed by atoms with Crippen molar-refractivity contribution in [3.8, 4) is 0 Å². The molecule has 0 aliphatic heterocycles. The van der Waals surface area contributed by atoms with Crippen molar-refractivity contribution < 1.29 is 0 Å². The topological polar surface area (TPSA) is 0 Å². The van der Waals surface area contributed by atoms with E-state index >= 15 is 0 Å². The number of unbranched alkanes of at least 4 members (excludes halogenated alkanes) is 14. The lowest BCUT2D eigenvalue weighted by Gasteiger charge is -2.35. The molecular weight excluding hydrogens is 343 g/mol. The minimum atomic E-state index is -0.773. The Morgan fingerprint density at radius 3 is 0.926 bits per heavy atom. The van der Waals surface area contributed by atoms with Crippen molar-refractivity contribution in [2.24, 2.45) is 0 Å². The Kier molecular flexibility index (Phi) is 18.8. The third kappa shape index (κ3) is 13.3. The monoisotopic (exact) mass is 399 g/mol. The molecule has 0 aromatic rings. The summed E-state index contributed by atoms with van der Waals surface area (Å²) in [7, 11) is -0.773. The molecule has 0 amide bonds. The minimum Gasteiger partial charge on any atom is -0.0654 e. The van der Waals surface area contributed by atoms with E-state index < -0.39 is 7.26 Å². The van der Waals surface area contributed by atoms with E-state index in [1.807, 2.05) is 0 Å². The van der Waals surface area contributed by atoms with Crippen LogP contribution in [0.1, 0.15) is 144 Å². The standard InChI is InChI=1S/C26H56P/c1-7-9-11-13-15-17-19-21-23-27(25(3)4,26(5)6)24-22-20-18-16-14-12-10-8-2/h25-26H,7-24H2,1-6H3/q+1. The van der Waals surface area contributed by atoms with E-state index in [-0.39, 0.29) is 0 Å². The van der Waals surface area contributed by atoms with E-state index in [0.29, 0.717) is 0 Å². The minimum absolute atomic E-state index is 0.773. The van der Waals surface area contributed by atoms with Gasteiger partial charge in [0.15, 0.2) is 0 Å². The van der Waals surface area contributed by atoms with Crippen LogP contribution in [-0.4, -0.2) is 23.6 Å². The molecule has 0 aromatic carbocycles. The maximum Gasteiger partial charge on any atom is 0.0644 e. The summed E-state index contributed by atoms with van der Waals surface area (Å²) in [6, 6.07) is 0. The quantitative estimate of drug-likeness (QED) is 0.141. The molecule has 0 N–H and O–H groups in total. The van der Waals surface area contributed by atoms with Gasteiger partial charge in [-0.1, -0.05) is 90.9 Å². The highest BCUT2D eigenvalue weighted by Gasteiger charge is 2.42. The van der Waals surface area contributed by atoms with Crippen molar-refractivity contribution >= 4 is 7.26 Å². The Morgan fingerprint density at radius 2 is 0.667 bits per heavy atom. The van der Waals surface area contributed by atoms with E-state index in [2.05, 4.69) is 41.5 Å². The molecule has 0 bridgehead atoms. The average Bonchev–Trinajstić information content (AvgIpc) is 2.63. The van der Waals surface area contributed by atoms with Gasteiger partial charge in [0.25, 0.3) is 0 Å². The van der Waals surface area contributed by atoms with Crippen LogP contribution < -0.4 is 0 Å². The van der Waals surface area contributed by atoms with Gasteiger partial charge in [-0.3, -0.25) is 0 Å². The summed E-state index contributed by atoms with van der Waals surface area (Å²) in [5.41, 5.74) is 1.87. The summed E-state index contributed by atoms with van der Waals surface area (Å²) in [5, 5.41) is 0. The van der Waals surface area contributed by atoms with Crippen LogP contribution in [0.5, 0.6) is 0 Å². The maximum atomic E-state index is 2.54. The Bertz CT molecular complexity index is 265. The van der Waals surface area contributed by atoms with Crippen molar-refractivity contribution in [2.75, 3.05) is 12.3 Å². The van der Waals surface area contributed by atoms with E-state index in [1.165, 1.54) is 103 Å². The van der Waals surface area contributed by atoms with Gasteiger partial charge >= 0.3 is 0 Å². The third-order valence-corrected chi connectivity index (χ3v) is 13.3. The maximum absolute atomic E-state index is 2.54. The van der Waals surface area contributed by atoms with Gasteiger partial charge in [-0.25, -0.2) is 0 Å². The van der Waals surface area contributed by atoms with Crippen LogP contribution in [0.15, 0.2) is 0 Å². The molecule has 1 heteroatoms. The van der Waals surface area contributed by atoms with E-state index in [9.17, 15) is 0 Å². The molecule has 0 fully saturated rings. The molecule has 0 rings (SSSR count). The largest absolute Gasteiger partial charge is 0.0654 e. The first kappa shape index (κ1) is 27.4. The van der Waals surface area contributed by atoms with Crippen molar-refractivity contribution in [2.45, 2.75) is 156 Å². The Morgan fingerprint density at radius 1 is 0.407 bits per heavy atom. The first-order chi connectivity index (χ1) is 13.0. The highest BCUT2D eigenvalue weighted by atomic mass is 31.2. The zero-order chi connectivity index (χ0) is 20.4. The van der Waals surface area contributed by atoms with Crippen LogP contribution in [0.4, 0.5) is 0 Å². The number of rotatable bonds is 20. The second-order valence-corrected chi connectivity index (χ2v) is 14.9. The van der Waals surface area contributed by atoms with Gasteiger partial charge < -0.3 is 0 Å². The number of hydrogen-bond donors (Lipinski definition) is 0. The lowest BCUT2D eigenvalue weighted by Crippen LogP contribution is -2.22. The third-order valence-electron chi connectivity index (χ3n) is 6.91. The fraction of sp³-hybridized carbons (Fsp3) is 1.00. The van der Waals surface area contributed by atoms with Gasteiger partial charge in [-0.15, -0.1) is 0 Å². The molecule has 0 spiro atoms. The lowest BCUT2D eigenvalue weighted by atomic mass is 10.1. The molecule has 0 saturated carbocycles. The van der Waals surface area contributed by atoms with Crippen LogP contribution in [0.3, 0.4) is 0 Å². The number of hydrogen-bond acceptors (Lipinski definition) is 0. The van der Waals surface area contributed by atoms with Crippen LogP contribution in [0, 0.1) is 0 Å². The highest BCUT2D eigenvalue weighted by Crippen LogP contribution is 2.67. The predicted molar refractivity (Wildman–Crippen MR) is 132 cm³/mol. The smallest absolute Gasteiger partial charge is 0.0644 e. The van der Waals surface area contributed by atoms with Crippen LogP contribution in [0.25, 0.3) is 0 Å². The molecule has 0 radical (unpaired) electrons. The lowest BCUT2D eigenvalue weighted by molar-refractivity contribution is 0.582. The molecular formula is C26H56P+. The molecule has 0 saturated heterocycles. The first-order valence-corrected chi connectivity index (χ1v) is 15.2. The van der Waals surface area contributed by atoms with Crippen LogP contribution in [-0.2, 0) is 0 Å². The van der Waals surface area contributed by atoms with E-state index in [4.69, 9.17) is 0 Å². The van der Waals surface area contributed by atoms with E-state index in [0.717, 1.165) is 11.3 Å². The molecule has 0 atom stereocenters. The average molecular weight is 400 g/mol. The summed E-state index contributed by atoms with van der Waals surface area (Å²) in [6.45, 7) is 14.8. The fourth-order valence-corrected chi connectivity index (χ4v) is 9.93. The molecule has 0 heterocycles. The summed E-state index contributed by atoms with van der Waals surface area (Å²) in [6.07, 6.45) is 26.6. The van der Waals surface area contributed by atoms with Crippen molar-refractivity contribution in [1.29, 1.82) is 0 Å². The van der Waals surface area contributed by atoms with Crippen molar-refractivity contribution in [3.05, 3.63) is 0 Å². The summed E-state index contributed by atoms with van der Waals surface area (Å²) >= 11 is 0. The van der Waals surface area contributed by atoms with Gasteiger partial charge in [-0.05, 0) is 53.4 Å². The Labute approximate surface area is 175 Å². The van der Waals surface area contributed by atoms with Crippen molar-refractivity contribution in [1.82, 2.24) is 0 Å². The van der Waals surface area contributed by atoms with Gasteiger partial charge in [0.2, 0.25) is 0 Å². The summed E-state index contributed by atoms with van der Waals surface area (Å²) < 4.78 is 0. The van der Waals surface area contributed by atoms with Gasteiger partial charge in [0, 0.05) is 7.26 Å². The van der Waals surface area contributed by atoms with E-state index in [1.54, 1.807) is 12.3 Å². The zero-order valence-electron chi connectivity index (χ0n) is 20.3. The van der Waals surface area contributed by atoms with Gasteiger partial charge in [0.05, 0.1) is 23.6 Å².